The first-order valence-electron chi connectivity index (χ1n) is 8.55. The molecule has 0 unspecified atom stereocenters. The Morgan fingerprint density at radius 2 is 1.96 bits per heavy atom. The second-order valence-corrected chi connectivity index (χ2v) is 5.96. The summed E-state index contributed by atoms with van der Waals surface area (Å²) in [6.45, 7) is 9.60. The predicted octanol–water partition coefficient (Wildman–Crippen LogP) is 2.52. The van der Waals surface area contributed by atoms with Crippen LogP contribution in [0.2, 0.25) is 0 Å². The predicted molar refractivity (Wildman–Crippen MR) is 90.0 cm³/mol. The Balaban J connectivity index is 1.66. The van der Waals surface area contributed by atoms with Crippen LogP contribution in [0.4, 0.5) is 0 Å². The van der Waals surface area contributed by atoms with Gasteiger partial charge in [-0.2, -0.15) is 0 Å². The molecule has 0 saturated carbocycles. The molecule has 128 valence electrons. The number of aromatic nitrogens is 1. The van der Waals surface area contributed by atoms with E-state index in [2.05, 4.69) is 16.0 Å². The average molecular weight is 320 g/mol. The molecule has 5 nitrogen and oxygen atoms in total. The molecule has 2 rings (SSSR count). The first-order chi connectivity index (χ1) is 11.2. The lowest BCUT2D eigenvalue weighted by atomic mass is 9.90. The molecule has 1 saturated heterocycles. The van der Waals surface area contributed by atoms with Crippen LogP contribution in [0.5, 0.6) is 0 Å². The SMILES string of the molecule is CCOCCOCCN1CCC(c2ccc(C(C)=O)nc2)CC1. The molecule has 0 bridgehead atoms. The fourth-order valence-corrected chi connectivity index (χ4v) is 2.90. The van der Waals surface area contributed by atoms with E-state index >= 15 is 0 Å². The molecule has 23 heavy (non-hydrogen) atoms. The van der Waals surface area contributed by atoms with Gasteiger partial charge in [0.2, 0.25) is 0 Å². The third-order valence-electron chi connectivity index (χ3n) is 4.33. The molecular formula is C18H28N2O3. The summed E-state index contributed by atoms with van der Waals surface area (Å²) >= 11 is 0. The number of likely N-dealkylation sites (tertiary alicyclic amines) is 1. The second-order valence-electron chi connectivity index (χ2n) is 5.96. The Kier molecular flexibility index (Phi) is 7.65. The third-order valence-corrected chi connectivity index (χ3v) is 4.33. The van der Waals surface area contributed by atoms with Gasteiger partial charge in [0.1, 0.15) is 5.69 Å². The number of hydrogen-bond donors (Lipinski definition) is 0. The summed E-state index contributed by atoms with van der Waals surface area (Å²) in [6, 6.07) is 3.90. The minimum atomic E-state index is 0.0238. The van der Waals surface area contributed by atoms with Gasteiger partial charge in [0, 0.05) is 26.3 Å². The van der Waals surface area contributed by atoms with Crippen molar-refractivity contribution in [2.24, 2.45) is 0 Å². The van der Waals surface area contributed by atoms with Gasteiger partial charge in [-0.3, -0.25) is 9.78 Å². The maximum absolute atomic E-state index is 11.3. The zero-order valence-electron chi connectivity index (χ0n) is 14.3. The number of ether oxygens (including phenoxy) is 2. The van der Waals surface area contributed by atoms with Crippen molar-refractivity contribution < 1.29 is 14.3 Å². The summed E-state index contributed by atoms with van der Waals surface area (Å²) in [5, 5.41) is 0. The van der Waals surface area contributed by atoms with E-state index in [9.17, 15) is 4.79 Å². The van der Waals surface area contributed by atoms with E-state index in [1.807, 2.05) is 19.2 Å². The van der Waals surface area contributed by atoms with Crippen molar-refractivity contribution in [3.8, 4) is 0 Å². The van der Waals surface area contributed by atoms with Crippen LogP contribution in [0.25, 0.3) is 0 Å². The van der Waals surface area contributed by atoms with Gasteiger partial charge in [-0.1, -0.05) is 6.07 Å². The largest absolute Gasteiger partial charge is 0.379 e. The van der Waals surface area contributed by atoms with Gasteiger partial charge in [-0.25, -0.2) is 0 Å². The summed E-state index contributed by atoms with van der Waals surface area (Å²) < 4.78 is 10.8. The van der Waals surface area contributed by atoms with Gasteiger partial charge in [-0.15, -0.1) is 0 Å². The zero-order valence-corrected chi connectivity index (χ0v) is 14.3. The van der Waals surface area contributed by atoms with Gasteiger partial charge < -0.3 is 14.4 Å². The summed E-state index contributed by atoms with van der Waals surface area (Å²) in [4.78, 5) is 18.0. The molecule has 0 spiro atoms. The van der Waals surface area contributed by atoms with Crippen LogP contribution in [0, 0.1) is 0 Å². The van der Waals surface area contributed by atoms with Crippen LogP contribution in [-0.4, -0.2) is 61.7 Å². The third kappa shape index (κ3) is 6.01. The van der Waals surface area contributed by atoms with Crippen LogP contribution in [0.1, 0.15) is 48.7 Å². The maximum Gasteiger partial charge on any atom is 0.178 e. The Hall–Kier alpha value is -1.30. The van der Waals surface area contributed by atoms with E-state index in [4.69, 9.17) is 9.47 Å². The zero-order chi connectivity index (χ0) is 16.5. The summed E-state index contributed by atoms with van der Waals surface area (Å²) in [7, 11) is 0. The lowest BCUT2D eigenvalue weighted by Gasteiger charge is -2.31. The molecule has 0 atom stereocenters. The molecule has 0 aliphatic carbocycles. The van der Waals surface area contributed by atoms with Crippen molar-refractivity contribution in [1.82, 2.24) is 9.88 Å². The number of nitrogens with zero attached hydrogens (tertiary/aromatic N) is 2. The van der Waals surface area contributed by atoms with Crippen LogP contribution in [0.3, 0.4) is 0 Å². The van der Waals surface area contributed by atoms with E-state index in [0.29, 0.717) is 24.8 Å². The van der Waals surface area contributed by atoms with Crippen molar-refractivity contribution in [2.75, 3.05) is 46.1 Å². The van der Waals surface area contributed by atoms with Crippen LogP contribution >= 0.6 is 0 Å². The van der Waals surface area contributed by atoms with Crippen molar-refractivity contribution in [1.29, 1.82) is 0 Å². The number of carbonyl (C=O) groups is 1. The highest BCUT2D eigenvalue weighted by atomic mass is 16.5. The number of ketones is 1. The first-order valence-corrected chi connectivity index (χ1v) is 8.55. The molecule has 1 aromatic rings. The second kappa shape index (κ2) is 9.75. The highest BCUT2D eigenvalue weighted by Gasteiger charge is 2.20. The molecule has 0 radical (unpaired) electrons. The Labute approximate surface area is 139 Å². The Morgan fingerprint density at radius 1 is 1.22 bits per heavy atom. The quantitative estimate of drug-likeness (QED) is 0.517. The molecule has 5 heteroatoms. The Morgan fingerprint density at radius 3 is 2.57 bits per heavy atom. The van der Waals surface area contributed by atoms with E-state index in [1.165, 1.54) is 5.56 Å². The van der Waals surface area contributed by atoms with Gasteiger partial charge in [0.25, 0.3) is 0 Å². The number of carbonyl (C=O) groups excluding carboxylic acids is 1. The normalized spacial score (nSPS) is 16.6. The highest BCUT2D eigenvalue weighted by Crippen LogP contribution is 2.27. The Bertz CT molecular complexity index is 468. The fraction of sp³-hybridized carbons (Fsp3) is 0.667. The fourth-order valence-electron chi connectivity index (χ4n) is 2.90. The highest BCUT2D eigenvalue weighted by molar-refractivity contribution is 5.91. The molecule has 0 amide bonds. The van der Waals surface area contributed by atoms with Gasteiger partial charge >= 0.3 is 0 Å². The molecule has 0 N–H and O–H groups in total. The van der Waals surface area contributed by atoms with Gasteiger partial charge in [0.15, 0.2) is 5.78 Å². The van der Waals surface area contributed by atoms with Gasteiger partial charge in [-0.05, 0) is 50.4 Å². The maximum atomic E-state index is 11.3. The van der Waals surface area contributed by atoms with Crippen LogP contribution < -0.4 is 0 Å². The van der Waals surface area contributed by atoms with E-state index in [0.717, 1.165) is 45.7 Å². The van der Waals surface area contributed by atoms with E-state index in [-0.39, 0.29) is 5.78 Å². The molecule has 2 heterocycles. The molecule has 0 aromatic carbocycles. The van der Waals surface area contributed by atoms with Crippen molar-refractivity contribution >= 4 is 5.78 Å². The van der Waals surface area contributed by atoms with E-state index < -0.39 is 0 Å². The summed E-state index contributed by atoms with van der Waals surface area (Å²) in [5.41, 5.74) is 1.80. The summed E-state index contributed by atoms with van der Waals surface area (Å²) in [5.74, 6) is 0.578. The van der Waals surface area contributed by atoms with Gasteiger partial charge in [0.05, 0.1) is 19.8 Å². The standard InChI is InChI=1S/C18H28N2O3/c1-3-22-12-13-23-11-10-20-8-6-16(7-9-20)17-4-5-18(15(2)21)19-14-17/h4-5,14,16H,3,6-13H2,1-2H3. The molecule has 1 aromatic heterocycles. The topological polar surface area (TPSA) is 51.7 Å². The minimum absolute atomic E-state index is 0.0238. The molecule has 1 aliphatic rings. The van der Waals surface area contributed by atoms with Crippen molar-refractivity contribution in [3.05, 3.63) is 29.6 Å². The number of hydrogen-bond acceptors (Lipinski definition) is 5. The number of rotatable bonds is 9. The molecule has 1 aliphatic heterocycles. The van der Waals surface area contributed by atoms with Crippen molar-refractivity contribution in [3.63, 3.8) is 0 Å². The number of piperidine rings is 1. The van der Waals surface area contributed by atoms with Crippen LogP contribution in [-0.2, 0) is 9.47 Å². The van der Waals surface area contributed by atoms with Crippen LogP contribution in [0.15, 0.2) is 18.3 Å². The lowest BCUT2D eigenvalue weighted by Crippen LogP contribution is -2.35. The minimum Gasteiger partial charge on any atom is -0.379 e. The number of Topliss-reactive ketones (excluding diaryl/α,β-unsaturated/α-hetero) is 1. The first kappa shape index (κ1) is 18.0. The lowest BCUT2D eigenvalue weighted by molar-refractivity contribution is 0.0399. The number of pyridine rings is 1. The van der Waals surface area contributed by atoms with E-state index in [1.54, 1.807) is 6.92 Å². The average Bonchev–Trinajstić information content (AvgIpc) is 2.58. The monoisotopic (exact) mass is 320 g/mol. The smallest absolute Gasteiger partial charge is 0.178 e. The molecule has 1 fully saturated rings. The summed E-state index contributed by atoms with van der Waals surface area (Å²) in [6.07, 6.45) is 4.15. The molecular weight excluding hydrogens is 292 g/mol. The van der Waals surface area contributed by atoms with Crippen molar-refractivity contribution in [2.45, 2.75) is 32.6 Å².